The molecule has 1 saturated carbocycles. The van der Waals surface area contributed by atoms with Gasteiger partial charge < -0.3 is 14.7 Å². The van der Waals surface area contributed by atoms with E-state index in [2.05, 4.69) is 0 Å². The number of imide groups is 1. The molecular weight excluding hydrogens is 354 g/mol. The first kappa shape index (κ1) is 19.1. The molecule has 3 rings (SSSR count). The molecule has 1 aliphatic carbocycles. The van der Waals surface area contributed by atoms with Crippen molar-refractivity contribution in [2.45, 2.75) is 43.7 Å². The van der Waals surface area contributed by atoms with Crippen LogP contribution in [0.25, 0.3) is 0 Å². The fourth-order valence-electron chi connectivity index (χ4n) is 3.84. The molecule has 2 fully saturated rings. The number of hydrogen-bond donors (Lipinski definition) is 1. The zero-order valence-electron chi connectivity index (χ0n) is 15.2. The van der Waals surface area contributed by atoms with E-state index in [9.17, 15) is 24.8 Å². The Morgan fingerprint density at radius 1 is 1.30 bits per heavy atom. The summed E-state index contributed by atoms with van der Waals surface area (Å²) in [7, 11) is 1.64. The zero-order valence-corrected chi connectivity index (χ0v) is 15.2. The predicted molar refractivity (Wildman–Crippen MR) is 95.3 cm³/mol. The number of benzene rings is 1. The highest BCUT2D eigenvalue weighted by atomic mass is 16.6. The lowest BCUT2D eigenvalue weighted by Gasteiger charge is -2.35. The summed E-state index contributed by atoms with van der Waals surface area (Å²) in [6.07, 6.45) is 3.04. The number of nitro benzene ring substituents is 1. The van der Waals surface area contributed by atoms with E-state index in [1.807, 2.05) is 0 Å². The maximum atomic E-state index is 12.9. The van der Waals surface area contributed by atoms with Crippen molar-refractivity contribution in [3.63, 3.8) is 0 Å². The van der Waals surface area contributed by atoms with Gasteiger partial charge in [0.15, 0.2) is 0 Å². The number of hydrogen-bond acceptors (Lipinski definition) is 6. The molecular formula is C18H23N3O6. The van der Waals surface area contributed by atoms with Gasteiger partial charge in [0.05, 0.1) is 17.5 Å². The van der Waals surface area contributed by atoms with Gasteiger partial charge in [-0.05, 0) is 18.9 Å². The highest BCUT2D eigenvalue weighted by Gasteiger charge is 2.55. The van der Waals surface area contributed by atoms with Gasteiger partial charge >= 0.3 is 6.03 Å². The molecule has 27 heavy (non-hydrogen) atoms. The van der Waals surface area contributed by atoms with Crippen LogP contribution in [0.1, 0.15) is 32.1 Å². The van der Waals surface area contributed by atoms with Crippen molar-refractivity contribution in [1.29, 1.82) is 0 Å². The molecule has 1 saturated heterocycles. The van der Waals surface area contributed by atoms with Crippen molar-refractivity contribution in [3.05, 3.63) is 34.4 Å². The van der Waals surface area contributed by atoms with Crippen molar-refractivity contribution in [1.82, 2.24) is 9.80 Å². The Hall–Kier alpha value is -2.68. The van der Waals surface area contributed by atoms with E-state index in [0.717, 1.165) is 24.2 Å². The Labute approximate surface area is 156 Å². The first-order chi connectivity index (χ1) is 12.8. The molecule has 0 radical (unpaired) electrons. The number of carbonyl (C=O) groups excluding carboxylic acids is 2. The van der Waals surface area contributed by atoms with Gasteiger partial charge in [-0.3, -0.25) is 19.8 Å². The Balaban J connectivity index is 1.61. The maximum Gasteiger partial charge on any atom is 0.327 e. The van der Waals surface area contributed by atoms with Gasteiger partial charge in [-0.1, -0.05) is 25.3 Å². The fourth-order valence-corrected chi connectivity index (χ4v) is 3.84. The molecule has 1 N–H and O–H groups in total. The van der Waals surface area contributed by atoms with Gasteiger partial charge in [0, 0.05) is 13.1 Å². The molecule has 1 aliphatic heterocycles. The summed E-state index contributed by atoms with van der Waals surface area (Å²) in [5.41, 5.74) is -0.900. The van der Waals surface area contributed by atoms with Crippen LogP contribution in [-0.4, -0.2) is 63.6 Å². The average Bonchev–Trinajstić information content (AvgIpc) is 2.83. The topological polar surface area (TPSA) is 113 Å². The normalized spacial score (nSPS) is 20.2. The van der Waals surface area contributed by atoms with E-state index in [-0.39, 0.29) is 30.5 Å². The molecule has 146 valence electrons. The number of β-amino-alcohol motifs (C(OH)–C–C–N with tert-alkyl or cyclic N) is 1. The second-order valence-electron chi connectivity index (χ2n) is 7.07. The monoisotopic (exact) mass is 377 g/mol. The minimum absolute atomic E-state index is 0.118. The lowest BCUT2D eigenvalue weighted by atomic mass is 9.81. The Morgan fingerprint density at radius 2 is 2.00 bits per heavy atom. The Bertz CT molecular complexity index is 746. The molecule has 0 aromatic heterocycles. The number of carbonyl (C=O) groups is 2. The van der Waals surface area contributed by atoms with Gasteiger partial charge in [0.1, 0.15) is 24.0 Å². The number of non-ortho nitro benzene ring substituents is 1. The number of urea groups is 1. The van der Waals surface area contributed by atoms with Crippen molar-refractivity contribution in [3.8, 4) is 5.75 Å². The number of amides is 3. The van der Waals surface area contributed by atoms with E-state index in [0.29, 0.717) is 12.8 Å². The molecule has 2 aliphatic rings. The standard InChI is InChI=1S/C18H23N3O6/c1-19-17(24)20(16(23)18(19)8-3-2-4-9-18)11-14(22)12-27-15-7-5-6-13(10-15)21(25)26/h5-7,10,14,22H,2-4,8-9,11-12H2,1H3. The van der Waals surface area contributed by atoms with Crippen molar-refractivity contribution < 1.29 is 24.4 Å². The summed E-state index contributed by atoms with van der Waals surface area (Å²) >= 11 is 0. The molecule has 1 heterocycles. The van der Waals surface area contributed by atoms with E-state index in [1.54, 1.807) is 7.05 Å². The third-order valence-corrected chi connectivity index (χ3v) is 5.35. The quantitative estimate of drug-likeness (QED) is 0.460. The lowest BCUT2D eigenvalue weighted by molar-refractivity contribution is -0.384. The third kappa shape index (κ3) is 3.59. The van der Waals surface area contributed by atoms with E-state index in [1.165, 1.54) is 29.2 Å². The van der Waals surface area contributed by atoms with E-state index in [4.69, 9.17) is 4.74 Å². The largest absolute Gasteiger partial charge is 0.491 e. The second kappa shape index (κ2) is 7.51. The van der Waals surface area contributed by atoms with Gasteiger partial charge in [-0.2, -0.15) is 0 Å². The second-order valence-corrected chi connectivity index (χ2v) is 7.07. The summed E-state index contributed by atoms with van der Waals surface area (Å²) in [5.74, 6) is -0.0210. The molecule has 9 heteroatoms. The number of ether oxygens (including phenoxy) is 1. The summed E-state index contributed by atoms with van der Waals surface area (Å²) in [6, 6.07) is 5.20. The molecule has 1 unspecified atom stereocenters. The smallest absolute Gasteiger partial charge is 0.327 e. The highest BCUT2D eigenvalue weighted by Crippen LogP contribution is 2.39. The van der Waals surface area contributed by atoms with Gasteiger partial charge in [0.25, 0.3) is 11.6 Å². The van der Waals surface area contributed by atoms with Crippen LogP contribution >= 0.6 is 0 Å². The first-order valence-corrected chi connectivity index (χ1v) is 9.00. The van der Waals surface area contributed by atoms with Crippen LogP contribution in [0.2, 0.25) is 0 Å². The molecule has 0 bridgehead atoms. The van der Waals surface area contributed by atoms with Gasteiger partial charge in [-0.25, -0.2) is 4.79 Å². The highest BCUT2D eigenvalue weighted by molar-refractivity contribution is 6.07. The number of rotatable bonds is 6. The molecule has 3 amide bonds. The van der Waals surface area contributed by atoms with E-state index >= 15 is 0 Å². The summed E-state index contributed by atoms with van der Waals surface area (Å²) in [6.45, 7) is -0.354. The van der Waals surface area contributed by atoms with Gasteiger partial charge in [0.2, 0.25) is 0 Å². The third-order valence-electron chi connectivity index (χ3n) is 5.35. The zero-order chi connectivity index (χ0) is 19.6. The van der Waals surface area contributed by atoms with Crippen LogP contribution in [0.3, 0.4) is 0 Å². The molecule has 1 spiro atoms. The first-order valence-electron chi connectivity index (χ1n) is 9.00. The summed E-state index contributed by atoms with van der Waals surface area (Å²) in [5, 5.41) is 21.0. The van der Waals surface area contributed by atoms with Crippen LogP contribution in [0.5, 0.6) is 5.75 Å². The minimum atomic E-state index is -1.09. The Kier molecular flexibility index (Phi) is 5.31. The number of nitrogens with zero attached hydrogens (tertiary/aromatic N) is 3. The molecule has 9 nitrogen and oxygen atoms in total. The van der Waals surface area contributed by atoms with Crippen LogP contribution in [0.4, 0.5) is 10.5 Å². The molecule has 1 aromatic carbocycles. The maximum absolute atomic E-state index is 12.9. The molecule has 1 aromatic rings. The fraction of sp³-hybridized carbons (Fsp3) is 0.556. The Morgan fingerprint density at radius 3 is 2.67 bits per heavy atom. The lowest BCUT2D eigenvalue weighted by Crippen LogP contribution is -2.49. The molecule has 1 atom stereocenters. The van der Waals surface area contributed by atoms with E-state index < -0.39 is 22.6 Å². The summed E-state index contributed by atoms with van der Waals surface area (Å²) in [4.78, 5) is 38.2. The van der Waals surface area contributed by atoms with Crippen LogP contribution in [-0.2, 0) is 4.79 Å². The van der Waals surface area contributed by atoms with Gasteiger partial charge in [-0.15, -0.1) is 0 Å². The number of aliphatic hydroxyl groups is 1. The van der Waals surface area contributed by atoms with Crippen molar-refractivity contribution >= 4 is 17.6 Å². The van der Waals surface area contributed by atoms with Crippen LogP contribution in [0.15, 0.2) is 24.3 Å². The predicted octanol–water partition coefficient (Wildman–Crippen LogP) is 1.93. The number of nitro groups is 1. The summed E-state index contributed by atoms with van der Waals surface area (Å²) < 4.78 is 5.39. The minimum Gasteiger partial charge on any atom is -0.491 e. The average molecular weight is 377 g/mol. The SMILES string of the molecule is CN1C(=O)N(CC(O)COc2cccc([N+](=O)[O-])c2)C(=O)C12CCCCC2. The number of likely N-dealkylation sites (N-methyl/N-ethyl adjacent to an activating group) is 1. The van der Waals surface area contributed by atoms with Crippen LogP contribution < -0.4 is 4.74 Å². The van der Waals surface area contributed by atoms with Crippen LogP contribution in [0, 0.1) is 10.1 Å². The number of aliphatic hydroxyl groups excluding tert-OH is 1. The van der Waals surface area contributed by atoms with Crippen molar-refractivity contribution in [2.24, 2.45) is 0 Å². The van der Waals surface area contributed by atoms with Crippen molar-refractivity contribution in [2.75, 3.05) is 20.2 Å².